The Morgan fingerprint density at radius 3 is 2.45 bits per heavy atom. The zero-order chi connectivity index (χ0) is 20.2. The molecule has 5 rings (SSSR count). The Balaban J connectivity index is 1.32. The molecule has 152 valence electrons. The average Bonchev–Trinajstić information content (AvgIpc) is 3.29. The van der Waals surface area contributed by atoms with E-state index in [0.29, 0.717) is 11.8 Å². The van der Waals surface area contributed by atoms with Crippen molar-refractivity contribution >= 4 is 16.9 Å². The van der Waals surface area contributed by atoms with Crippen LogP contribution in [0.2, 0.25) is 0 Å². The molecule has 1 N–H and O–H groups in total. The zero-order valence-electron chi connectivity index (χ0n) is 17.5. The Labute approximate surface area is 171 Å². The third kappa shape index (κ3) is 3.45. The number of imidazole rings is 1. The molecule has 3 aromatic rings. The molecule has 1 saturated carbocycles. The van der Waals surface area contributed by atoms with Crippen molar-refractivity contribution in [3.8, 4) is 0 Å². The summed E-state index contributed by atoms with van der Waals surface area (Å²) in [5, 5.41) is 4.80. The largest absolute Gasteiger partial charge is 0.342 e. The molecule has 1 amide bonds. The van der Waals surface area contributed by atoms with Crippen LogP contribution in [-0.2, 0) is 5.54 Å². The molecule has 0 radical (unpaired) electrons. The van der Waals surface area contributed by atoms with E-state index in [2.05, 4.69) is 31.8 Å². The number of hydrogen-bond donors (Lipinski definition) is 1. The van der Waals surface area contributed by atoms with Gasteiger partial charge in [-0.15, -0.1) is 0 Å². The van der Waals surface area contributed by atoms with Crippen molar-refractivity contribution in [3.05, 3.63) is 47.5 Å². The van der Waals surface area contributed by atoms with Gasteiger partial charge in [0.15, 0.2) is 0 Å². The van der Waals surface area contributed by atoms with E-state index in [9.17, 15) is 4.79 Å². The van der Waals surface area contributed by atoms with Crippen molar-refractivity contribution in [1.29, 1.82) is 0 Å². The number of aromatic nitrogens is 4. The molecule has 1 saturated heterocycles. The topological polar surface area (TPSA) is 66.8 Å². The van der Waals surface area contributed by atoms with Crippen molar-refractivity contribution in [3.63, 3.8) is 0 Å². The van der Waals surface area contributed by atoms with E-state index in [1.165, 1.54) is 12.8 Å². The standard InChI is InChI=1S/C23H29N5O/c1-23(2,3)28-20(14-19(26-28)15-8-9-15)22(29)27-12-10-16(11-13-27)21-24-17-6-4-5-7-18(17)25-21/h4-7,14-16H,8-13H2,1-3H3,(H,24,25). The zero-order valence-corrected chi connectivity index (χ0v) is 17.5. The number of para-hydroxylation sites is 2. The van der Waals surface area contributed by atoms with E-state index >= 15 is 0 Å². The van der Waals surface area contributed by atoms with Crippen molar-refractivity contribution in [2.24, 2.45) is 0 Å². The summed E-state index contributed by atoms with van der Waals surface area (Å²) in [5.74, 6) is 2.08. The molecular weight excluding hydrogens is 362 g/mol. The normalized spacial score (nSPS) is 18.5. The minimum Gasteiger partial charge on any atom is -0.342 e. The quantitative estimate of drug-likeness (QED) is 0.719. The maximum atomic E-state index is 13.3. The van der Waals surface area contributed by atoms with Crippen LogP contribution in [0, 0.1) is 0 Å². The predicted octanol–water partition coefficient (Wildman–Crippen LogP) is 4.41. The molecule has 0 atom stereocenters. The Hall–Kier alpha value is -2.63. The van der Waals surface area contributed by atoms with Gasteiger partial charge in [-0.05, 0) is 64.7 Å². The van der Waals surface area contributed by atoms with Gasteiger partial charge in [0.05, 0.1) is 22.3 Å². The maximum absolute atomic E-state index is 13.3. The van der Waals surface area contributed by atoms with Gasteiger partial charge in [0.25, 0.3) is 5.91 Å². The summed E-state index contributed by atoms with van der Waals surface area (Å²) in [6, 6.07) is 10.2. The second kappa shape index (κ2) is 6.71. The van der Waals surface area contributed by atoms with Crippen LogP contribution in [0.4, 0.5) is 0 Å². The molecule has 2 fully saturated rings. The van der Waals surface area contributed by atoms with Crippen LogP contribution in [0.25, 0.3) is 11.0 Å². The van der Waals surface area contributed by atoms with Crippen molar-refractivity contribution in [2.45, 2.75) is 63.8 Å². The number of amides is 1. The third-order valence-corrected chi connectivity index (χ3v) is 6.15. The van der Waals surface area contributed by atoms with Crippen molar-refractivity contribution in [2.75, 3.05) is 13.1 Å². The van der Waals surface area contributed by atoms with Gasteiger partial charge in [0.1, 0.15) is 11.5 Å². The van der Waals surface area contributed by atoms with E-state index in [-0.39, 0.29) is 11.4 Å². The van der Waals surface area contributed by atoms with Gasteiger partial charge < -0.3 is 9.88 Å². The fourth-order valence-electron chi connectivity index (χ4n) is 4.33. The number of piperidine rings is 1. The van der Waals surface area contributed by atoms with Crippen molar-refractivity contribution in [1.82, 2.24) is 24.6 Å². The first kappa shape index (κ1) is 18.4. The maximum Gasteiger partial charge on any atom is 0.272 e. The first-order valence-electron chi connectivity index (χ1n) is 10.7. The summed E-state index contributed by atoms with van der Waals surface area (Å²) < 4.78 is 1.94. The highest BCUT2D eigenvalue weighted by atomic mass is 16.2. The number of carbonyl (C=O) groups is 1. The first-order chi connectivity index (χ1) is 13.9. The summed E-state index contributed by atoms with van der Waals surface area (Å²) in [4.78, 5) is 23.6. The summed E-state index contributed by atoms with van der Waals surface area (Å²) in [7, 11) is 0. The Morgan fingerprint density at radius 2 is 1.79 bits per heavy atom. The molecule has 0 bridgehead atoms. The highest BCUT2D eigenvalue weighted by molar-refractivity contribution is 5.93. The van der Waals surface area contributed by atoms with E-state index < -0.39 is 0 Å². The lowest BCUT2D eigenvalue weighted by molar-refractivity contribution is 0.0690. The third-order valence-electron chi connectivity index (χ3n) is 6.15. The van der Waals surface area contributed by atoms with E-state index in [0.717, 1.165) is 54.2 Å². The average molecular weight is 392 g/mol. The van der Waals surface area contributed by atoms with Gasteiger partial charge in [-0.25, -0.2) is 4.98 Å². The van der Waals surface area contributed by atoms with Gasteiger partial charge >= 0.3 is 0 Å². The number of rotatable bonds is 3. The first-order valence-corrected chi connectivity index (χ1v) is 10.7. The second-order valence-corrected chi connectivity index (χ2v) is 9.52. The van der Waals surface area contributed by atoms with Crippen LogP contribution >= 0.6 is 0 Å². The number of H-pyrrole nitrogens is 1. The number of nitrogens with one attached hydrogen (secondary N) is 1. The molecular formula is C23H29N5O. The number of benzene rings is 1. The fraction of sp³-hybridized carbons (Fsp3) is 0.522. The van der Waals surface area contributed by atoms with Gasteiger partial charge in [-0.1, -0.05) is 12.1 Å². The lowest BCUT2D eigenvalue weighted by Gasteiger charge is -2.32. The minimum atomic E-state index is -0.204. The molecule has 3 heterocycles. The molecule has 29 heavy (non-hydrogen) atoms. The number of likely N-dealkylation sites (tertiary alicyclic amines) is 1. The minimum absolute atomic E-state index is 0.113. The summed E-state index contributed by atoms with van der Waals surface area (Å²) in [5.41, 5.74) is 3.72. The van der Waals surface area contributed by atoms with E-state index in [1.807, 2.05) is 33.8 Å². The molecule has 6 nitrogen and oxygen atoms in total. The second-order valence-electron chi connectivity index (χ2n) is 9.52. The van der Waals surface area contributed by atoms with Gasteiger partial charge in [-0.2, -0.15) is 5.10 Å². The fourth-order valence-corrected chi connectivity index (χ4v) is 4.33. The molecule has 2 aromatic heterocycles. The molecule has 0 unspecified atom stereocenters. The Kier molecular flexibility index (Phi) is 4.26. The van der Waals surface area contributed by atoms with E-state index in [1.54, 1.807) is 0 Å². The van der Waals surface area contributed by atoms with Crippen LogP contribution in [0.3, 0.4) is 0 Å². The number of aromatic amines is 1. The highest BCUT2D eigenvalue weighted by Gasteiger charge is 2.34. The van der Waals surface area contributed by atoms with Crippen LogP contribution in [0.1, 0.15) is 80.3 Å². The number of fused-ring (bicyclic) bond motifs is 1. The van der Waals surface area contributed by atoms with Crippen LogP contribution < -0.4 is 0 Å². The smallest absolute Gasteiger partial charge is 0.272 e. The molecule has 0 spiro atoms. The molecule has 1 aromatic carbocycles. The molecule has 6 heteroatoms. The van der Waals surface area contributed by atoms with Crippen LogP contribution in [-0.4, -0.2) is 43.6 Å². The van der Waals surface area contributed by atoms with Gasteiger partial charge in [0.2, 0.25) is 0 Å². The van der Waals surface area contributed by atoms with Crippen LogP contribution in [0.15, 0.2) is 30.3 Å². The summed E-state index contributed by atoms with van der Waals surface area (Å²) in [6.07, 6.45) is 4.25. The van der Waals surface area contributed by atoms with Gasteiger partial charge in [-0.3, -0.25) is 9.48 Å². The Bertz CT molecular complexity index is 1010. The number of nitrogens with zero attached hydrogens (tertiary/aromatic N) is 4. The van der Waals surface area contributed by atoms with E-state index in [4.69, 9.17) is 10.1 Å². The van der Waals surface area contributed by atoms with Gasteiger partial charge in [0, 0.05) is 24.9 Å². The predicted molar refractivity (Wildman–Crippen MR) is 113 cm³/mol. The highest BCUT2D eigenvalue weighted by Crippen LogP contribution is 2.40. The van der Waals surface area contributed by atoms with Crippen molar-refractivity contribution < 1.29 is 4.79 Å². The lowest BCUT2D eigenvalue weighted by Crippen LogP contribution is -2.40. The number of carbonyl (C=O) groups excluding carboxylic acids is 1. The molecule has 1 aliphatic carbocycles. The SMILES string of the molecule is CC(C)(C)n1nc(C2CC2)cc1C(=O)N1CCC(c2nc3ccccc3[nH]2)CC1. The number of hydrogen-bond acceptors (Lipinski definition) is 3. The Morgan fingerprint density at radius 1 is 1.07 bits per heavy atom. The summed E-state index contributed by atoms with van der Waals surface area (Å²) >= 11 is 0. The molecule has 1 aliphatic heterocycles. The van der Waals surface area contributed by atoms with Crippen LogP contribution in [0.5, 0.6) is 0 Å². The summed E-state index contributed by atoms with van der Waals surface area (Å²) in [6.45, 7) is 7.85. The molecule has 2 aliphatic rings. The lowest BCUT2D eigenvalue weighted by atomic mass is 9.96. The monoisotopic (exact) mass is 391 g/mol.